The number of nitrogens with zero attached hydrogens (tertiary/aromatic N) is 1. The standard InChI is InChI=1S/C14H17FN2O5/c1-3-4-9(2)14(19)22-8-13(18)16-12-7-10(17(20)21)5-6-11(12)15/h5-7,9H,3-4,8H2,1-2H3,(H,16,18). The van der Waals surface area contributed by atoms with Gasteiger partial charge in [0, 0.05) is 12.1 Å². The normalized spacial score (nSPS) is 11.6. The number of nitro benzene ring substituents is 1. The maximum atomic E-state index is 13.5. The Kier molecular flexibility index (Phi) is 6.43. The Hall–Kier alpha value is -2.51. The Bertz CT molecular complexity index is 576. The molecule has 0 aliphatic carbocycles. The highest BCUT2D eigenvalue weighted by atomic mass is 19.1. The predicted molar refractivity (Wildman–Crippen MR) is 76.7 cm³/mol. The fourth-order valence-corrected chi connectivity index (χ4v) is 1.74. The van der Waals surface area contributed by atoms with Crippen LogP contribution in [0, 0.1) is 21.8 Å². The van der Waals surface area contributed by atoms with Crippen molar-refractivity contribution < 1.29 is 23.6 Å². The van der Waals surface area contributed by atoms with Crippen LogP contribution in [0.25, 0.3) is 0 Å². The summed E-state index contributed by atoms with van der Waals surface area (Å²) in [5.74, 6) is -2.43. The van der Waals surface area contributed by atoms with Crippen LogP contribution in [-0.4, -0.2) is 23.4 Å². The molecule has 0 aliphatic rings. The number of halogens is 1. The van der Waals surface area contributed by atoms with Crippen molar-refractivity contribution in [2.45, 2.75) is 26.7 Å². The molecule has 7 nitrogen and oxygen atoms in total. The van der Waals surface area contributed by atoms with Crippen LogP contribution < -0.4 is 5.32 Å². The van der Waals surface area contributed by atoms with Crippen LogP contribution in [0.15, 0.2) is 18.2 Å². The largest absolute Gasteiger partial charge is 0.455 e. The molecule has 0 spiro atoms. The van der Waals surface area contributed by atoms with Gasteiger partial charge in [0.15, 0.2) is 6.61 Å². The van der Waals surface area contributed by atoms with Gasteiger partial charge in [-0.2, -0.15) is 0 Å². The van der Waals surface area contributed by atoms with E-state index in [2.05, 4.69) is 5.32 Å². The number of hydrogen-bond acceptors (Lipinski definition) is 5. The zero-order chi connectivity index (χ0) is 16.7. The lowest BCUT2D eigenvalue weighted by molar-refractivity contribution is -0.384. The first-order valence-electron chi connectivity index (χ1n) is 6.75. The summed E-state index contributed by atoms with van der Waals surface area (Å²) in [6.07, 6.45) is 1.45. The van der Waals surface area contributed by atoms with Crippen LogP contribution in [-0.2, 0) is 14.3 Å². The molecule has 22 heavy (non-hydrogen) atoms. The highest BCUT2D eigenvalue weighted by Crippen LogP contribution is 2.21. The second-order valence-corrected chi connectivity index (χ2v) is 4.77. The number of benzene rings is 1. The van der Waals surface area contributed by atoms with Crippen LogP contribution in [0.4, 0.5) is 15.8 Å². The molecule has 0 saturated carbocycles. The minimum absolute atomic E-state index is 0.327. The number of ether oxygens (including phenoxy) is 1. The average Bonchev–Trinajstić information content (AvgIpc) is 2.47. The van der Waals surface area contributed by atoms with Gasteiger partial charge >= 0.3 is 5.97 Å². The summed E-state index contributed by atoms with van der Waals surface area (Å²) in [6.45, 7) is 3.03. The Morgan fingerprint density at radius 3 is 2.73 bits per heavy atom. The number of carbonyl (C=O) groups excluding carboxylic acids is 2. The van der Waals surface area contributed by atoms with Gasteiger partial charge in [-0.3, -0.25) is 19.7 Å². The van der Waals surface area contributed by atoms with E-state index in [4.69, 9.17) is 4.74 Å². The predicted octanol–water partition coefficient (Wildman–Crippen LogP) is 2.65. The fraction of sp³-hybridized carbons (Fsp3) is 0.429. The first kappa shape index (κ1) is 17.5. The molecule has 1 aromatic carbocycles. The molecule has 8 heteroatoms. The number of carbonyl (C=O) groups is 2. The van der Waals surface area contributed by atoms with Gasteiger partial charge in [-0.1, -0.05) is 20.3 Å². The number of esters is 1. The van der Waals surface area contributed by atoms with Gasteiger partial charge in [-0.15, -0.1) is 0 Å². The van der Waals surface area contributed by atoms with Crippen molar-refractivity contribution >= 4 is 23.3 Å². The van der Waals surface area contributed by atoms with Gasteiger partial charge in [0.2, 0.25) is 0 Å². The number of hydrogen-bond donors (Lipinski definition) is 1. The van der Waals surface area contributed by atoms with E-state index in [1.807, 2.05) is 6.92 Å². The quantitative estimate of drug-likeness (QED) is 0.474. The summed E-state index contributed by atoms with van der Waals surface area (Å²) in [6, 6.07) is 2.76. The smallest absolute Gasteiger partial charge is 0.309 e. The molecular formula is C14H17FN2O5. The first-order chi connectivity index (χ1) is 10.3. The third-order valence-corrected chi connectivity index (χ3v) is 2.90. The molecule has 1 rings (SSSR count). The van der Waals surface area contributed by atoms with E-state index in [1.54, 1.807) is 6.92 Å². The topological polar surface area (TPSA) is 98.5 Å². The number of nitro groups is 1. The van der Waals surface area contributed by atoms with E-state index in [1.165, 1.54) is 0 Å². The Labute approximate surface area is 126 Å². The molecule has 1 atom stereocenters. The second kappa shape index (κ2) is 8.06. The fourth-order valence-electron chi connectivity index (χ4n) is 1.74. The molecule has 1 N–H and O–H groups in total. The molecule has 1 amide bonds. The van der Waals surface area contributed by atoms with E-state index in [0.717, 1.165) is 24.6 Å². The van der Waals surface area contributed by atoms with E-state index in [0.29, 0.717) is 6.42 Å². The number of non-ortho nitro benzene ring substituents is 1. The number of rotatable bonds is 7. The zero-order valence-corrected chi connectivity index (χ0v) is 12.3. The summed E-state index contributed by atoms with van der Waals surface area (Å²) in [4.78, 5) is 33.0. The lowest BCUT2D eigenvalue weighted by Gasteiger charge is -2.10. The van der Waals surface area contributed by atoms with E-state index >= 15 is 0 Å². The van der Waals surface area contributed by atoms with Crippen molar-refractivity contribution in [2.75, 3.05) is 11.9 Å². The van der Waals surface area contributed by atoms with Crippen molar-refractivity contribution in [2.24, 2.45) is 5.92 Å². The van der Waals surface area contributed by atoms with Crippen LogP contribution in [0.2, 0.25) is 0 Å². The maximum absolute atomic E-state index is 13.5. The van der Waals surface area contributed by atoms with Crippen molar-refractivity contribution in [3.05, 3.63) is 34.1 Å². The molecule has 0 heterocycles. The Morgan fingerprint density at radius 1 is 1.45 bits per heavy atom. The van der Waals surface area contributed by atoms with Crippen LogP contribution >= 0.6 is 0 Å². The van der Waals surface area contributed by atoms with Crippen LogP contribution in [0.1, 0.15) is 26.7 Å². The number of nitrogens with one attached hydrogen (secondary N) is 1. The molecular weight excluding hydrogens is 295 g/mol. The molecule has 0 radical (unpaired) electrons. The molecule has 1 aromatic rings. The monoisotopic (exact) mass is 312 g/mol. The Morgan fingerprint density at radius 2 is 2.14 bits per heavy atom. The van der Waals surface area contributed by atoms with Gasteiger partial charge in [-0.05, 0) is 12.5 Å². The first-order valence-corrected chi connectivity index (χ1v) is 6.75. The maximum Gasteiger partial charge on any atom is 0.309 e. The second-order valence-electron chi connectivity index (χ2n) is 4.77. The Balaban J connectivity index is 2.60. The molecule has 0 fully saturated rings. The zero-order valence-electron chi connectivity index (χ0n) is 12.3. The SMILES string of the molecule is CCCC(C)C(=O)OCC(=O)Nc1cc([N+](=O)[O-])ccc1F. The molecule has 0 saturated heterocycles. The van der Waals surface area contributed by atoms with Crippen molar-refractivity contribution in [1.82, 2.24) is 0 Å². The van der Waals surface area contributed by atoms with Gasteiger partial charge < -0.3 is 10.1 Å². The van der Waals surface area contributed by atoms with Crippen molar-refractivity contribution in [3.63, 3.8) is 0 Å². The van der Waals surface area contributed by atoms with Gasteiger partial charge in [0.05, 0.1) is 16.5 Å². The van der Waals surface area contributed by atoms with Crippen LogP contribution in [0.3, 0.4) is 0 Å². The van der Waals surface area contributed by atoms with Crippen molar-refractivity contribution in [3.8, 4) is 0 Å². The van der Waals surface area contributed by atoms with Gasteiger partial charge in [0.1, 0.15) is 5.82 Å². The molecule has 1 unspecified atom stereocenters. The van der Waals surface area contributed by atoms with Crippen LogP contribution in [0.5, 0.6) is 0 Å². The number of anilines is 1. The van der Waals surface area contributed by atoms with E-state index < -0.39 is 29.2 Å². The third kappa shape index (κ3) is 5.12. The minimum Gasteiger partial charge on any atom is -0.455 e. The highest BCUT2D eigenvalue weighted by Gasteiger charge is 2.17. The summed E-state index contributed by atoms with van der Waals surface area (Å²) in [5, 5.41) is 12.7. The summed E-state index contributed by atoms with van der Waals surface area (Å²) in [7, 11) is 0. The van der Waals surface area contributed by atoms with Gasteiger partial charge in [0.25, 0.3) is 11.6 Å². The summed E-state index contributed by atoms with van der Waals surface area (Å²) in [5.41, 5.74) is -0.692. The molecule has 0 aromatic heterocycles. The van der Waals surface area contributed by atoms with E-state index in [9.17, 15) is 24.1 Å². The highest BCUT2D eigenvalue weighted by molar-refractivity contribution is 5.93. The summed E-state index contributed by atoms with van der Waals surface area (Å²) < 4.78 is 18.3. The molecule has 0 bridgehead atoms. The third-order valence-electron chi connectivity index (χ3n) is 2.90. The lowest BCUT2D eigenvalue weighted by atomic mass is 10.1. The van der Waals surface area contributed by atoms with E-state index in [-0.39, 0.29) is 17.3 Å². The molecule has 120 valence electrons. The minimum atomic E-state index is -0.815. The number of amides is 1. The summed E-state index contributed by atoms with van der Waals surface area (Å²) >= 11 is 0. The lowest BCUT2D eigenvalue weighted by Crippen LogP contribution is -2.24. The molecule has 0 aliphatic heterocycles. The van der Waals surface area contributed by atoms with Crippen molar-refractivity contribution in [1.29, 1.82) is 0 Å². The van der Waals surface area contributed by atoms with Gasteiger partial charge in [-0.25, -0.2) is 4.39 Å². The average molecular weight is 312 g/mol.